The van der Waals surface area contributed by atoms with Gasteiger partial charge in [-0.2, -0.15) is 0 Å². The van der Waals surface area contributed by atoms with Crippen LogP contribution in [0.5, 0.6) is 0 Å². The fourth-order valence-electron chi connectivity index (χ4n) is 2.93. The molecule has 0 spiro atoms. The second-order valence-electron chi connectivity index (χ2n) is 5.51. The first kappa shape index (κ1) is 14.6. The molecule has 1 aliphatic carbocycles. The molecule has 1 saturated carbocycles. The zero-order chi connectivity index (χ0) is 13.8. The Morgan fingerprint density at radius 2 is 2.00 bits per heavy atom. The molecule has 3 heteroatoms. The van der Waals surface area contributed by atoms with E-state index in [0.29, 0.717) is 6.04 Å². The Balaban J connectivity index is 2.00. The van der Waals surface area contributed by atoms with Gasteiger partial charge in [0.2, 0.25) is 0 Å². The van der Waals surface area contributed by atoms with Crippen LogP contribution in [0, 0.1) is 5.92 Å². The predicted octanol–water partition coefficient (Wildman–Crippen LogP) is 4.49. The fourth-order valence-corrected chi connectivity index (χ4v) is 3.33. The Hall–Kier alpha value is -0.830. The molecule has 0 bridgehead atoms. The van der Waals surface area contributed by atoms with Gasteiger partial charge in [-0.05, 0) is 49.8 Å². The van der Waals surface area contributed by atoms with Gasteiger partial charge in [0.25, 0.3) is 5.91 Å². The van der Waals surface area contributed by atoms with Gasteiger partial charge in [-0.1, -0.05) is 35.3 Å². The maximum absolute atomic E-state index is 12.5. The highest BCUT2D eigenvalue weighted by Gasteiger charge is 2.26. The van der Waals surface area contributed by atoms with Crippen LogP contribution in [0.15, 0.2) is 28.7 Å². The zero-order valence-corrected chi connectivity index (χ0v) is 13.3. The number of hydrogen-bond acceptors (Lipinski definition) is 1. The Morgan fingerprint density at radius 1 is 1.32 bits per heavy atom. The fraction of sp³-hybridized carbons (Fsp3) is 0.562. The summed E-state index contributed by atoms with van der Waals surface area (Å²) in [5.74, 6) is 1.01. The minimum Gasteiger partial charge on any atom is -0.339 e. The van der Waals surface area contributed by atoms with E-state index in [1.807, 2.05) is 36.2 Å². The third-order valence-electron chi connectivity index (χ3n) is 4.33. The molecule has 0 radical (unpaired) electrons. The lowest BCUT2D eigenvalue weighted by Gasteiger charge is -2.34. The maximum Gasteiger partial charge on any atom is 0.253 e. The summed E-state index contributed by atoms with van der Waals surface area (Å²) in [7, 11) is 1.94. The minimum absolute atomic E-state index is 0.140. The third-order valence-corrected chi connectivity index (χ3v) is 4.83. The van der Waals surface area contributed by atoms with E-state index >= 15 is 0 Å². The van der Waals surface area contributed by atoms with Gasteiger partial charge in [-0.15, -0.1) is 0 Å². The molecule has 19 heavy (non-hydrogen) atoms. The monoisotopic (exact) mass is 323 g/mol. The standard InChI is InChI=1S/C16H22BrNO/c1-3-12-7-9-15(10-8-12)18(2)16(19)13-5-4-6-14(17)11-13/h4-6,11-12,15H,3,7-10H2,1-2H3. The first-order valence-electron chi connectivity index (χ1n) is 7.14. The molecule has 0 saturated heterocycles. The number of benzene rings is 1. The molecule has 1 aromatic rings. The topological polar surface area (TPSA) is 20.3 Å². The highest BCUT2D eigenvalue weighted by atomic mass is 79.9. The van der Waals surface area contributed by atoms with Gasteiger partial charge in [0.15, 0.2) is 0 Å². The van der Waals surface area contributed by atoms with Crippen LogP contribution in [0.1, 0.15) is 49.4 Å². The van der Waals surface area contributed by atoms with Crippen molar-refractivity contribution in [1.29, 1.82) is 0 Å². The van der Waals surface area contributed by atoms with Gasteiger partial charge < -0.3 is 4.90 Å². The molecule has 2 rings (SSSR count). The van der Waals surface area contributed by atoms with Crippen molar-refractivity contribution in [3.05, 3.63) is 34.3 Å². The quantitative estimate of drug-likeness (QED) is 0.802. The zero-order valence-electron chi connectivity index (χ0n) is 11.7. The lowest BCUT2D eigenvalue weighted by atomic mass is 9.84. The van der Waals surface area contributed by atoms with Crippen LogP contribution in [-0.4, -0.2) is 23.9 Å². The molecular weight excluding hydrogens is 302 g/mol. The van der Waals surface area contributed by atoms with Crippen molar-refractivity contribution in [3.8, 4) is 0 Å². The molecule has 1 amide bonds. The van der Waals surface area contributed by atoms with E-state index < -0.39 is 0 Å². The second kappa shape index (κ2) is 6.56. The molecule has 0 atom stereocenters. The molecule has 104 valence electrons. The highest BCUT2D eigenvalue weighted by Crippen LogP contribution is 2.29. The Kier molecular flexibility index (Phi) is 5.03. The molecule has 2 nitrogen and oxygen atoms in total. The summed E-state index contributed by atoms with van der Waals surface area (Å²) in [4.78, 5) is 14.4. The van der Waals surface area contributed by atoms with E-state index in [-0.39, 0.29) is 5.91 Å². The number of carbonyl (C=O) groups is 1. The summed E-state index contributed by atoms with van der Waals surface area (Å²) in [6.45, 7) is 2.27. The molecule has 0 aromatic heterocycles. The van der Waals surface area contributed by atoms with E-state index in [9.17, 15) is 4.79 Å². The first-order chi connectivity index (χ1) is 9.11. The van der Waals surface area contributed by atoms with E-state index in [0.717, 1.165) is 28.8 Å². The second-order valence-corrected chi connectivity index (χ2v) is 6.42. The van der Waals surface area contributed by atoms with Crippen molar-refractivity contribution in [2.45, 2.75) is 45.1 Å². The van der Waals surface area contributed by atoms with E-state index in [1.165, 1.54) is 19.3 Å². The van der Waals surface area contributed by atoms with Gasteiger partial charge >= 0.3 is 0 Å². The number of carbonyl (C=O) groups excluding carboxylic acids is 1. The lowest BCUT2D eigenvalue weighted by molar-refractivity contribution is 0.0674. The van der Waals surface area contributed by atoms with Gasteiger partial charge in [0, 0.05) is 23.1 Å². The van der Waals surface area contributed by atoms with Gasteiger partial charge in [-0.3, -0.25) is 4.79 Å². The first-order valence-corrected chi connectivity index (χ1v) is 7.93. The SMILES string of the molecule is CCC1CCC(N(C)C(=O)c2cccc(Br)c2)CC1. The van der Waals surface area contributed by atoms with Gasteiger partial charge in [0.1, 0.15) is 0 Å². The van der Waals surface area contributed by atoms with E-state index in [1.54, 1.807) is 0 Å². The number of hydrogen-bond donors (Lipinski definition) is 0. The van der Waals surface area contributed by atoms with E-state index in [2.05, 4.69) is 22.9 Å². The third kappa shape index (κ3) is 3.59. The highest BCUT2D eigenvalue weighted by molar-refractivity contribution is 9.10. The summed E-state index contributed by atoms with van der Waals surface area (Å²) in [6, 6.07) is 8.06. The summed E-state index contributed by atoms with van der Waals surface area (Å²) in [5.41, 5.74) is 0.773. The average Bonchev–Trinajstić information content (AvgIpc) is 2.46. The normalized spacial score (nSPS) is 23.1. The van der Waals surface area contributed by atoms with Crippen LogP contribution in [-0.2, 0) is 0 Å². The Labute approximate surface area is 124 Å². The van der Waals surface area contributed by atoms with Crippen LogP contribution in [0.2, 0.25) is 0 Å². The molecular formula is C16H22BrNO. The Morgan fingerprint density at radius 3 is 2.58 bits per heavy atom. The summed E-state index contributed by atoms with van der Waals surface area (Å²) in [6.07, 6.45) is 6.09. The Bertz CT molecular complexity index is 438. The largest absolute Gasteiger partial charge is 0.339 e. The summed E-state index contributed by atoms with van der Waals surface area (Å²) >= 11 is 3.42. The van der Waals surface area contributed by atoms with Crippen molar-refractivity contribution in [1.82, 2.24) is 4.90 Å². The van der Waals surface area contributed by atoms with Crippen LogP contribution in [0.3, 0.4) is 0 Å². The average molecular weight is 324 g/mol. The molecule has 1 aromatic carbocycles. The predicted molar refractivity (Wildman–Crippen MR) is 82.3 cm³/mol. The molecule has 1 fully saturated rings. The van der Waals surface area contributed by atoms with Crippen LogP contribution in [0.4, 0.5) is 0 Å². The molecule has 0 aliphatic heterocycles. The molecule has 0 heterocycles. The van der Waals surface area contributed by atoms with Crippen molar-refractivity contribution < 1.29 is 4.79 Å². The van der Waals surface area contributed by atoms with Crippen LogP contribution >= 0.6 is 15.9 Å². The van der Waals surface area contributed by atoms with Gasteiger partial charge in [0.05, 0.1) is 0 Å². The molecule has 0 unspecified atom stereocenters. The molecule has 1 aliphatic rings. The summed E-state index contributed by atoms with van der Waals surface area (Å²) in [5, 5.41) is 0. The van der Waals surface area contributed by atoms with Crippen molar-refractivity contribution >= 4 is 21.8 Å². The minimum atomic E-state index is 0.140. The van der Waals surface area contributed by atoms with Crippen molar-refractivity contribution in [3.63, 3.8) is 0 Å². The van der Waals surface area contributed by atoms with E-state index in [4.69, 9.17) is 0 Å². The number of amides is 1. The summed E-state index contributed by atoms with van der Waals surface area (Å²) < 4.78 is 0.960. The number of rotatable bonds is 3. The van der Waals surface area contributed by atoms with Crippen molar-refractivity contribution in [2.24, 2.45) is 5.92 Å². The van der Waals surface area contributed by atoms with Crippen LogP contribution < -0.4 is 0 Å². The smallest absolute Gasteiger partial charge is 0.253 e. The number of nitrogens with zero attached hydrogens (tertiary/aromatic N) is 1. The molecule has 0 N–H and O–H groups in total. The number of halogens is 1. The van der Waals surface area contributed by atoms with Crippen LogP contribution in [0.25, 0.3) is 0 Å². The maximum atomic E-state index is 12.5. The van der Waals surface area contributed by atoms with Gasteiger partial charge in [-0.25, -0.2) is 0 Å². The van der Waals surface area contributed by atoms with Crippen molar-refractivity contribution in [2.75, 3.05) is 7.05 Å². The lowest BCUT2D eigenvalue weighted by Crippen LogP contribution is -2.39.